The van der Waals surface area contributed by atoms with E-state index in [2.05, 4.69) is 0 Å². The third kappa shape index (κ3) is 3.29. The molecule has 1 rings (SSSR count). The molecule has 0 unspecified atom stereocenters. The summed E-state index contributed by atoms with van der Waals surface area (Å²) < 4.78 is 15.8. The number of halogens is 1. The number of hydrogen-bond donors (Lipinski definition) is 0. The van der Waals surface area contributed by atoms with Crippen molar-refractivity contribution in [3.8, 4) is 0 Å². The van der Waals surface area contributed by atoms with Gasteiger partial charge in [0.15, 0.2) is 9.52 Å². The van der Waals surface area contributed by atoms with E-state index in [1.165, 1.54) is 5.19 Å². The van der Waals surface area contributed by atoms with Gasteiger partial charge in [0.2, 0.25) is 0 Å². The lowest BCUT2D eigenvalue weighted by atomic mass is 10.4. The van der Waals surface area contributed by atoms with Gasteiger partial charge in [-0.1, -0.05) is 28.9 Å². The Labute approximate surface area is 97.1 Å². The van der Waals surface area contributed by atoms with Crippen molar-refractivity contribution in [3.05, 3.63) is 29.3 Å². The van der Waals surface area contributed by atoms with E-state index in [4.69, 9.17) is 25.8 Å². The van der Waals surface area contributed by atoms with Gasteiger partial charge in [-0.3, -0.25) is 0 Å². The maximum atomic E-state index is 5.81. The summed E-state index contributed by atoms with van der Waals surface area (Å²) in [6.45, 7) is 0. The zero-order valence-electron chi connectivity index (χ0n) is 9.12. The van der Waals surface area contributed by atoms with Crippen molar-refractivity contribution in [2.75, 3.05) is 21.3 Å². The van der Waals surface area contributed by atoms with Crippen LogP contribution in [0.3, 0.4) is 0 Å². The van der Waals surface area contributed by atoms with Crippen molar-refractivity contribution >= 4 is 26.3 Å². The minimum absolute atomic E-state index is 0.727. The summed E-state index contributed by atoms with van der Waals surface area (Å²) in [5.74, 6) is 0. The summed E-state index contributed by atoms with van der Waals surface area (Å²) in [6, 6.07) is 7.66. The van der Waals surface area contributed by atoms with E-state index in [0.717, 1.165) is 5.02 Å². The number of benzene rings is 1. The lowest BCUT2D eigenvalue weighted by molar-refractivity contribution is -0.293. The molecule has 0 aliphatic rings. The molecule has 0 N–H and O–H groups in total. The second-order valence-corrected chi connectivity index (χ2v) is 5.57. The summed E-state index contributed by atoms with van der Waals surface area (Å²) in [5, 5.41) is 1.90. The van der Waals surface area contributed by atoms with Crippen LogP contribution in [0.15, 0.2) is 24.3 Å². The number of hydrogen-bond acceptors (Lipinski definition) is 3. The smallest absolute Gasteiger partial charge is 0.253 e. The standard InChI is InChI=1S/C10H15ClO3Si/c1-12-10(13-2,14-3)15-9-6-4-8(11)5-7-9/h4-7H,15H2,1-3H3. The van der Waals surface area contributed by atoms with Crippen LogP contribution in [0.5, 0.6) is 0 Å². The third-order valence-electron chi connectivity index (χ3n) is 2.27. The van der Waals surface area contributed by atoms with Crippen LogP contribution in [0.25, 0.3) is 0 Å². The number of ether oxygens (including phenoxy) is 3. The van der Waals surface area contributed by atoms with E-state index in [9.17, 15) is 0 Å². The Morgan fingerprint density at radius 3 is 1.87 bits per heavy atom. The Hall–Kier alpha value is -0.393. The molecule has 0 aliphatic heterocycles. The normalized spacial score (nSPS) is 12.5. The topological polar surface area (TPSA) is 27.7 Å². The van der Waals surface area contributed by atoms with Crippen LogP contribution in [0.4, 0.5) is 0 Å². The van der Waals surface area contributed by atoms with Crippen LogP contribution < -0.4 is 5.19 Å². The number of rotatable bonds is 5. The first kappa shape index (κ1) is 12.7. The van der Waals surface area contributed by atoms with Crippen molar-refractivity contribution in [3.63, 3.8) is 0 Å². The van der Waals surface area contributed by atoms with E-state index in [1.807, 2.05) is 24.3 Å². The minimum atomic E-state index is -0.881. The highest BCUT2D eigenvalue weighted by Gasteiger charge is 2.29. The second kappa shape index (κ2) is 5.63. The van der Waals surface area contributed by atoms with Crippen LogP contribution in [-0.2, 0) is 14.2 Å². The van der Waals surface area contributed by atoms with E-state index < -0.39 is 15.1 Å². The van der Waals surface area contributed by atoms with Crippen LogP contribution in [0.1, 0.15) is 0 Å². The molecule has 0 heterocycles. The third-order valence-corrected chi connectivity index (χ3v) is 4.70. The SMILES string of the molecule is COC(OC)(OC)[SiH2]c1ccc(Cl)cc1. The highest BCUT2D eigenvalue weighted by molar-refractivity contribution is 6.55. The predicted molar refractivity (Wildman–Crippen MR) is 63.4 cm³/mol. The number of methoxy groups -OCH3 is 3. The van der Waals surface area contributed by atoms with Gasteiger partial charge in [-0.15, -0.1) is 0 Å². The van der Waals surface area contributed by atoms with Crippen molar-refractivity contribution in [2.45, 2.75) is 5.60 Å². The average molecular weight is 247 g/mol. The predicted octanol–water partition coefficient (Wildman–Crippen LogP) is 0.685. The zero-order chi connectivity index (χ0) is 11.3. The molecule has 1 aromatic carbocycles. The van der Waals surface area contributed by atoms with Gasteiger partial charge in [0.05, 0.1) is 0 Å². The van der Waals surface area contributed by atoms with Crippen LogP contribution in [0.2, 0.25) is 5.02 Å². The molecule has 3 nitrogen and oxygen atoms in total. The first-order valence-corrected chi connectivity index (χ1v) is 6.35. The maximum Gasteiger partial charge on any atom is 0.253 e. The summed E-state index contributed by atoms with van der Waals surface area (Å²) in [6.07, 6.45) is 0. The van der Waals surface area contributed by atoms with Gasteiger partial charge in [-0.2, -0.15) is 0 Å². The Morgan fingerprint density at radius 2 is 1.47 bits per heavy atom. The van der Waals surface area contributed by atoms with Crippen LogP contribution in [0, 0.1) is 0 Å². The monoisotopic (exact) mass is 246 g/mol. The minimum Gasteiger partial charge on any atom is -0.335 e. The first-order chi connectivity index (χ1) is 7.15. The van der Waals surface area contributed by atoms with Gasteiger partial charge >= 0.3 is 0 Å². The molecule has 0 bridgehead atoms. The summed E-state index contributed by atoms with van der Waals surface area (Å²) in [5.41, 5.74) is -0.881. The van der Waals surface area contributed by atoms with Crippen LogP contribution in [-0.4, -0.2) is 36.4 Å². The van der Waals surface area contributed by atoms with Gasteiger partial charge in [-0.25, -0.2) is 0 Å². The van der Waals surface area contributed by atoms with Crippen LogP contribution >= 0.6 is 11.6 Å². The fraction of sp³-hybridized carbons (Fsp3) is 0.400. The Kier molecular flexibility index (Phi) is 4.75. The Balaban J connectivity index is 2.78. The quantitative estimate of drug-likeness (QED) is 0.565. The van der Waals surface area contributed by atoms with E-state index in [-0.39, 0.29) is 0 Å². The van der Waals surface area contributed by atoms with Gasteiger partial charge in [-0.05, 0) is 12.1 Å². The van der Waals surface area contributed by atoms with Crippen molar-refractivity contribution in [1.29, 1.82) is 0 Å². The van der Waals surface area contributed by atoms with E-state index in [1.54, 1.807) is 21.3 Å². The van der Waals surface area contributed by atoms with Crippen molar-refractivity contribution in [1.82, 2.24) is 0 Å². The second-order valence-electron chi connectivity index (χ2n) is 3.10. The fourth-order valence-electron chi connectivity index (χ4n) is 1.32. The largest absolute Gasteiger partial charge is 0.335 e. The molecule has 84 valence electrons. The molecule has 0 spiro atoms. The van der Waals surface area contributed by atoms with Gasteiger partial charge in [0, 0.05) is 26.4 Å². The molecule has 0 saturated carbocycles. The zero-order valence-corrected chi connectivity index (χ0v) is 11.3. The van der Waals surface area contributed by atoms with Crippen molar-refractivity contribution in [2.24, 2.45) is 0 Å². The molecule has 0 atom stereocenters. The molecule has 0 radical (unpaired) electrons. The molecule has 0 fully saturated rings. The van der Waals surface area contributed by atoms with Gasteiger partial charge in [0.1, 0.15) is 0 Å². The summed E-state index contributed by atoms with van der Waals surface area (Å²) >= 11 is 5.81. The highest BCUT2D eigenvalue weighted by Crippen LogP contribution is 2.11. The molecule has 5 heteroatoms. The maximum absolute atomic E-state index is 5.81. The summed E-state index contributed by atoms with van der Waals surface area (Å²) in [4.78, 5) is 0. The Morgan fingerprint density at radius 1 is 1.00 bits per heavy atom. The molecule has 0 saturated heterocycles. The van der Waals surface area contributed by atoms with Gasteiger partial charge in [0.25, 0.3) is 5.60 Å². The Bertz CT molecular complexity index is 290. The highest BCUT2D eigenvalue weighted by atomic mass is 35.5. The van der Waals surface area contributed by atoms with Gasteiger partial charge < -0.3 is 14.2 Å². The van der Waals surface area contributed by atoms with Crippen molar-refractivity contribution < 1.29 is 14.2 Å². The molecular weight excluding hydrogens is 232 g/mol. The molecule has 0 amide bonds. The summed E-state index contributed by atoms with van der Waals surface area (Å²) in [7, 11) is 3.89. The lowest BCUT2D eigenvalue weighted by Gasteiger charge is -2.28. The molecule has 15 heavy (non-hydrogen) atoms. The lowest BCUT2D eigenvalue weighted by Crippen LogP contribution is -2.47. The fourth-order valence-corrected chi connectivity index (χ4v) is 2.85. The first-order valence-electron chi connectivity index (χ1n) is 4.55. The van der Waals surface area contributed by atoms with E-state index in [0.29, 0.717) is 0 Å². The van der Waals surface area contributed by atoms with E-state index >= 15 is 0 Å². The molecule has 1 aromatic rings. The molecule has 0 aromatic heterocycles. The molecular formula is C10H15ClO3Si. The molecule has 0 aliphatic carbocycles. The average Bonchev–Trinajstić information content (AvgIpc) is 2.29.